The first-order chi connectivity index (χ1) is 7.27. The van der Waals surface area contributed by atoms with Crippen molar-refractivity contribution < 1.29 is 0 Å². The van der Waals surface area contributed by atoms with E-state index in [2.05, 4.69) is 58.9 Å². The summed E-state index contributed by atoms with van der Waals surface area (Å²) in [5.41, 5.74) is 1.39. The summed E-state index contributed by atoms with van der Waals surface area (Å²) < 4.78 is 1.22. The Kier molecular flexibility index (Phi) is 5.96. The van der Waals surface area contributed by atoms with E-state index in [1.54, 1.807) is 0 Å². The Bertz CT molecular complexity index is 280. The predicted octanol–water partition coefficient (Wildman–Crippen LogP) is 4.07. The lowest BCUT2D eigenvalue weighted by Gasteiger charge is -2.21. The van der Waals surface area contributed by atoms with Gasteiger partial charge >= 0.3 is 0 Å². The number of nitrogens with zero attached hydrogens (tertiary/aromatic N) is 1. The van der Waals surface area contributed by atoms with Crippen molar-refractivity contribution in [3.05, 3.63) is 34.3 Å². The molecule has 0 aliphatic carbocycles. The molecule has 2 heteroatoms. The molecule has 0 spiro atoms. The van der Waals surface area contributed by atoms with Crippen molar-refractivity contribution in [3.8, 4) is 0 Å². The summed E-state index contributed by atoms with van der Waals surface area (Å²) in [5, 5.41) is 0. The summed E-state index contributed by atoms with van der Waals surface area (Å²) in [5.74, 6) is 0. The normalized spacial score (nSPS) is 10.9. The van der Waals surface area contributed by atoms with Crippen LogP contribution in [0.1, 0.15) is 32.3 Å². The van der Waals surface area contributed by atoms with Gasteiger partial charge in [-0.3, -0.25) is 4.90 Å². The lowest BCUT2D eigenvalue weighted by atomic mass is 10.2. The predicted molar refractivity (Wildman–Crippen MR) is 70.0 cm³/mol. The molecule has 1 aromatic rings. The lowest BCUT2D eigenvalue weighted by Crippen LogP contribution is -2.25. The standard InChI is InChI=1S/C13H20BrN/c1-3-9-15(10-4-2)11-12-7-5-6-8-13(12)14/h5-8H,3-4,9-11H2,1-2H3. The molecule has 1 aromatic carbocycles. The third-order valence-corrected chi connectivity index (χ3v) is 3.21. The average molecular weight is 270 g/mol. The summed E-state index contributed by atoms with van der Waals surface area (Å²) in [6, 6.07) is 8.49. The first kappa shape index (κ1) is 12.7. The number of hydrogen-bond acceptors (Lipinski definition) is 1. The second-order valence-corrected chi connectivity index (χ2v) is 4.72. The van der Waals surface area contributed by atoms with Gasteiger partial charge in [-0.2, -0.15) is 0 Å². The zero-order valence-electron chi connectivity index (χ0n) is 9.67. The van der Waals surface area contributed by atoms with Crippen LogP contribution in [0.5, 0.6) is 0 Å². The molecule has 0 N–H and O–H groups in total. The maximum absolute atomic E-state index is 3.60. The van der Waals surface area contributed by atoms with Crippen LogP contribution < -0.4 is 0 Å². The van der Waals surface area contributed by atoms with Gasteiger partial charge in [0.15, 0.2) is 0 Å². The lowest BCUT2D eigenvalue weighted by molar-refractivity contribution is 0.266. The molecule has 0 aliphatic heterocycles. The van der Waals surface area contributed by atoms with Crippen LogP contribution in [0.2, 0.25) is 0 Å². The SMILES string of the molecule is CCCN(CCC)Cc1ccccc1Br. The minimum absolute atomic E-state index is 1.06. The van der Waals surface area contributed by atoms with Gasteiger partial charge in [0.1, 0.15) is 0 Å². The minimum atomic E-state index is 1.06. The third-order valence-electron chi connectivity index (χ3n) is 2.43. The van der Waals surface area contributed by atoms with Gasteiger partial charge in [-0.05, 0) is 37.6 Å². The Morgan fingerprint density at radius 1 is 1.07 bits per heavy atom. The van der Waals surface area contributed by atoms with E-state index in [-0.39, 0.29) is 0 Å². The highest BCUT2D eigenvalue weighted by Crippen LogP contribution is 2.17. The Hall–Kier alpha value is -0.340. The number of halogens is 1. The molecule has 0 fully saturated rings. The second-order valence-electron chi connectivity index (χ2n) is 3.87. The van der Waals surface area contributed by atoms with E-state index in [4.69, 9.17) is 0 Å². The molecule has 0 saturated carbocycles. The quantitative estimate of drug-likeness (QED) is 0.753. The van der Waals surface area contributed by atoms with E-state index in [1.165, 1.54) is 36.0 Å². The van der Waals surface area contributed by atoms with Crippen molar-refractivity contribution in [1.29, 1.82) is 0 Å². The van der Waals surface area contributed by atoms with Crippen LogP contribution in [0, 0.1) is 0 Å². The van der Waals surface area contributed by atoms with Gasteiger partial charge in [0.2, 0.25) is 0 Å². The molecule has 0 amide bonds. The Labute approximate surface area is 102 Å². The van der Waals surface area contributed by atoms with Gasteiger partial charge in [-0.25, -0.2) is 0 Å². The van der Waals surface area contributed by atoms with Crippen molar-refractivity contribution in [2.75, 3.05) is 13.1 Å². The first-order valence-electron chi connectivity index (χ1n) is 5.73. The molecule has 0 radical (unpaired) electrons. The van der Waals surface area contributed by atoms with Gasteiger partial charge in [0, 0.05) is 11.0 Å². The highest BCUT2D eigenvalue weighted by atomic mass is 79.9. The highest BCUT2D eigenvalue weighted by molar-refractivity contribution is 9.10. The van der Waals surface area contributed by atoms with Gasteiger partial charge < -0.3 is 0 Å². The Morgan fingerprint density at radius 3 is 2.20 bits per heavy atom. The molecular weight excluding hydrogens is 250 g/mol. The molecule has 0 saturated heterocycles. The summed E-state index contributed by atoms with van der Waals surface area (Å²) in [6.45, 7) is 7.92. The van der Waals surface area contributed by atoms with Crippen LogP contribution in [0.25, 0.3) is 0 Å². The average Bonchev–Trinajstić information content (AvgIpc) is 2.22. The Balaban J connectivity index is 2.60. The molecule has 1 nitrogen and oxygen atoms in total. The molecule has 0 atom stereocenters. The monoisotopic (exact) mass is 269 g/mol. The molecular formula is C13H20BrN. The third kappa shape index (κ3) is 4.35. The zero-order chi connectivity index (χ0) is 11.1. The fraction of sp³-hybridized carbons (Fsp3) is 0.538. The smallest absolute Gasteiger partial charge is 0.0244 e. The number of rotatable bonds is 6. The van der Waals surface area contributed by atoms with Crippen LogP contribution in [0.3, 0.4) is 0 Å². The summed E-state index contributed by atoms with van der Waals surface area (Å²) in [6.07, 6.45) is 2.45. The minimum Gasteiger partial charge on any atom is -0.299 e. The van der Waals surface area contributed by atoms with Gasteiger partial charge in [-0.1, -0.05) is 48.0 Å². The van der Waals surface area contributed by atoms with Crippen LogP contribution in [-0.2, 0) is 6.54 Å². The van der Waals surface area contributed by atoms with Gasteiger partial charge in [0.25, 0.3) is 0 Å². The van der Waals surface area contributed by atoms with E-state index in [0.717, 1.165) is 6.54 Å². The van der Waals surface area contributed by atoms with E-state index < -0.39 is 0 Å². The van der Waals surface area contributed by atoms with Crippen molar-refractivity contribution in [1.82, 2.24) is 4.90 Å². The molecule has 0 aromatic heterocycles. The van der Waals surface area contributed by atoms with Crippen molar-refractivity contribution in [2.24, 2.45) is 0 Å². The van der Waals surface area contributed by atoms with Gasteiger partial charge in [-0.15, -0.1) is 0 Å². The Morgan fingerprint density at radius 2 is 1.67 bits per heavy atom. The maximum atomic E-state index is 3.60. The van der Waals surface area contributed by atoms with Crippen LogP contribution in [0.15, 0.2) is 28.7 Å². The zero-order valence-corrected chi connectivity index (χ0v) is 11.3. The second kappa shape index (κ2) is 7.02. The summed E-state index contributed by atoms with van der Waals surface area (Å²) >= 11 is 3.60. The van der Waals surface area contributed by atoms with Gasteiger partial charge in [0.05, 0.1) is 0 Å². The fourth-order valence-corrected chi connectivity index (χ4v) is 2.18. The molecule has 0 unspecified atom stereocenters. The summed E-state index contributed by atoms with van der Waals surface area (Å²) in [4.78, 5) is 2.51. The molecule has 15 heavy (non-hydrogen) atoms. The van der Waals surface area contributed by atoms with Crippen LogP contribution >= 0.6 is 15.9 Å². The van der Waals surface area contributed by atoms with E-state index in [1.807, 2.05) is 0 Å². The topological polar surface area (TPSA) is 3.24 Å². The summed E-state index contributed by atoms with van der Waals surface area (Å²) in [7, 11) is 0. The van der Waals surface area contributed by atoms with E-state index in [9.17, 15) is 0 Å². The largest absolute Gasteiger partial charge is 0.299 e. The molecule has 1 rings (SSSR count). The number of benzene rings is 1. The van der Waals surface area contributed by atoms with Crippen LogP contribution in [0.4, 0.5) is 0 Å². The van der Waals surface area contributed by atoms with Crippen molar-refractivity contribution in [3.63, 3.8) is 0 Å². The molecule has 0 bridgehead atoms. The van der Waals surface area contributed by atoms with E-state index in [0.29, 0.717) is 0 Å². The number of hydrogen-bond donors (Lipinski definition) is 0. The van der Waals surface area contributed by atoms with Crippen LogP contribution in [-0.4, -0.2) is 18.0 Å². The van der Waals surface area contributed by atoms with E-state index >= 15 is 0 Å². The van der Waals surface area contributed by atoms with Crippen molar-refractivity contribution in [2.45, 2.75) is 33.2 Å². The molecule has 84 valence electrons. The molecule has 0 heterocycles. The maximum Gasteiger partial charge on any atom is 0.0244 e. The first-order valence-corrected chi connectivity index (χ1v) is 6.53. The van der Waals surface area contributed by atoms with Crippen molar-refractivity contribution >= 4 is 15.9 Å². The molecule has 0 aliphatic rings. The fourth-order valence-electron chi connectivity index (χ4n) is 1.77. The highest BCUT2D eigenvalue weighted by Gasteiger charge is 2.05.